The molecule has 2 amide bonds. The quantitative estimate of drug-likeness (QED) is 0.382. The third-order valence-electron chi connectivity index (χ3n) is 5.78. The minimum atomic E-state index is -4.13. The Bertz CT molecular complexity index is 1400. The minimum Gasteiger partial charge on any atom is -0.357 e. The maximum absolute atomic E-state index is 13.9. The number of hydrogen-bond acceptors (Lipinski definition) is 4. The van der Waals surface area contributed by atoms with Crippen molar-refractivity contribution in [3.63, 3.8) is 0 Å². The van der Waals surface area contributed by atoms with Crippen LogP contribution in [0.5, 0.6) is 0 Å². The van der Waals surface area contributed by atoms with Crippen LogP contribution in [0.3, 0.4) is 0 Å². The van der Waals surface area contributed by atoms with Crippen molar-refractivity contribution < 1.29 is 26.8 Å². The molecule has 202 valence electrons. The van der Waals surface area contributed by atoms with Crippen molar-refractivity contribution in [2.24, 2.45) is 0 Å². The number of rotatable bonds is 10. The number of likely N-dealkylation sites (N-methyl/N-ethyl adjacent to an activating group) is 1. The molecule has 3 aromatic carbocycles. The molecule has 0 unspecified atom stereocenters. The molecule has 0 saturated carbocycles. The van der Waals surface area contributed by atoms with Crippen LogP contribution in [-0.2, 0) is 32.6 Å². The Labute approximate surface area is 230 Å². The van der Waals surface area contributed by atoms with Crippen molar-refractivity contribution >= 4 is 50.7 Å². The van der Waals surface area contributed by atoms with Crippen LogP contribution in [0.1, 0.15) is 11.1 Å². The average molecular weight is 584 g/mol. The Kier molecular flexibility index (Phi) is 9.70. The van der Waals surface area contributed by atoms with Crippen LogP contribution in [0.15, 0.2) is 66.7 Å². The highest BCUT2D eigenvalue weighted by Gasteiger charge is 2.33. The molecule has 0 aliphatic rings. The second-order valence-corrected chi connectivity index (χ2v) is 11.1. The van der Waals surface area contributed by atoms with E-state index >= 15 is 0 Å². The zero-order chi connectivity index (χ0) is 28.0. The van der Waals surface area contributed by atoms with E-state index in [0.29, 0.717) is 15.9 Å². The van der Waals surface area contributed by atoms with E-state index in [1.54, 1.807) is 48.5 Å². The number of halogens is 4. The maximum Gasteiger partial charge on any atom is 0.244 e. The predicted molar refractivity (Wildman–Crippen MR) is 144 cm³/mol. The lowest BCUT2D eigenvalue weighted by Crippen LogP contribution is -2.53. The van der Waals surface area contributed by atoms with E-state index in [-0.39, 0.29) is 28.7 Å². The summed E-state index contributed by atoms with van der Waals surface area (Å²) in [5.41, 5.74) is 0.838. The topological polar surface area (TPSA) is 86.8 Å². The fourth-order valence-corrected chi connectivity index (χ4v) is 5.19. The van der Waals surface area contributed by atoms with Gasteiger partial charge in [-0.2, -0.15) is 0 Å². The first-order chi connectivity index (χ1) is 17.9. The van der Waals surface area contributed by atoms with Crippen molar-refractivity contribution in [3.8, 4) is 0 Å². The Morgan fingerprint density at radius 1 is 0.947 bits per heavy atom. The molecule has 0 heterocycles. The predicted octanol–water partition coefficient (Wildman–Crippen LogP) is 4.42. The Morgan fingerprint density at radius 2 is 1.58 bits per heavy atom. The first-order valence-electron chi connectivity index (χ1n) is 11.3. The number of sulfonamides is 1. The number of nitrogens with zero attached hydrogens (tertiary/aromatic N) is 2. The van der Waals surface area contributed by atoms with Gasteiger partial charge in [-0.1, -0.05) is 59.6 Å². The smallest absolute Gasteiger partial charge is 0.244 e. The fraction of sp³-hybridized carbons (Fsp3) is 0.231. The molecule has 3 rings (SSSR count). The summed E-state index contributed by atoms with van der Waals surface area (Å²) < 4.78 is 53.4. The second-order valence-electron chi connectivity index (χ2n) is 8.41. The third kappa shape index (κ3) is 7.21. The number of carbonyl (C=O) groups is 2. The second kappa shape index (κ2) is 12.6. The van der Waals surface area contributed by atoms with Crippen LogP contribution >= 0.6 is 23.2 Å². The van der Waals surface area contributed by atoms with Crippen LogP contribution < -0.4 is 9.62 Å². The monoisotopic (exact) mass is 583 g/mol. The van der Waals surface area contributed by atoms with Crippen molar-refractivity contribution in [1.29, 1.82) is 0 Å². The normalized spacial score (nSPS) is 12.1. The van der Waals surface area contributed by atoms with Crippen molar-refractivity contribution in [2.45, 2.75) is 19.0 Å². The Balaban J connectivity index is 2.08. The summed E-state index contributed by atoms with van der Waals surface area (Å²) in [6.45, 7) is -1.02. The molecule has 0 radical (unpaired) electrons. The molecule has 0 bridgehead atoms. The molecule has 1 N–H and O–H groups in total. The van der Waals surface area contributed by atoms with Gasteiger partial charge in [-0.3, -0.25) is 13.9 Å². The van der Waals surface area contributed by atoms with Crippen LogP contribution in [0.25, 0.3) is 0 Å². The van der Waals surface area contributed by atoms with E-state index in [4.69, 9.17) is 23.2 Å². The summed E-state index contributed by atoms with van der Waals surface area (Å²) in [4.78, 5) is 28.0. The van der Waals surface area contributed by atoms with Gasteiger partial charge in [-0.25, -0.2) is 17.2 Å². The molecule has 0 saturated heterocycles. The summed E-state index contributed by atoms with van der Waals surface area (Å²) in [6.07, 6.45) is 0.926. The van der Waals surface area contributed by atoms with Gasteiger partial charge in [0, 0.05) is 41.7 Å². The number of benzene rings is 3. The van der Waals surface area contributed by atoms with Crippen molar-refractivity contribution in [1.82, 2.24) is 10.2 Å². The summed E-state index contributed by atoms with van der Waals surface area (Å²) in [5.74, 6) is -3.76. The lowest BCUT2D eigenvalue weighted by molar-refractivity contribution is -0.139. The first-order valence-corrected chi connectivity index (χ1v) is 13.9. The van der Waals surface area contributed by atoms with Gasteiger partial charge < -0.3 is 10.2 Å². The number of nitrogens with one attached hydrogen (secondary N) is 1. The van der Waals surface area contributed by atoms with Gasteiger partial charge in [0.05, 0.1) is 11.9 Å². The summed E-state index contributed by atoms with van der Waals surface area (Å²) in [5, 5.41) is 3.03. The number of carbonyl (C=O) groups excluding carboxylic acids is 2. The summed E-state index contributed by atoms with van der Waals surface area (Å²) in [6, 6.07) is 15.1. The fourth-order valence-electron chi connectivity index (χ4n) is 3.83. The highest BCUT2D eigenvalue weighted by Crippen LogP contribution is 2.28. The number of amides is 2. The molecule has 3 aromatic rings. The molecule has 12 heteroatoms. The summed E-state index contributed by atoms with van der Waals surface area (Å²) in [7, 11) is -2.72. The van der Waals surface area contributed by atoms with Gasteiger partial charge in [-0.15, -0.1) is 0 Å². The molecule has 0 aromatic heterocycles. The molecular weight excluding hydrogens is 559 g/mol. The van der Waals surface area contributed by atoms with E-state index in [9.17, 15) is 26.8 Å². The molecular formula is C26H25Cl2F2N3O4S. The van der Waals surface area contributed by atoms with Gasteiger partial charge >= 0.3 is 0 Å². The van der Waals surface area contributed by atoms with Crippen LogP contribution in [0.2, 0.25) is 10.0 Å². The minimum absolute atomic E-state index is 0.0956. The molecule has 0 aliphatic carbocycles. The summed E-state index contributed by atoms with van der Waals surface area (Å²) >= 11 is 12.7. The van der Waals surface area contributed by atoms with Crippen LogP contribution in [-0.4, -0.2) is 51.0 Å². The van der Waals surface area contributed by atoms with E-state index in [2.05, 4.69) is 5.32 Å². The SMILES string of the molecule is CNC(=O)[C@@H](Cc1ccccc1)N(Cc1c(Cl)cccc1Cl)C(=O)CN(c1ccc(F)c(F)c1)S(C)(=O)=O. The highest BCUT2D eigenvalue weighted by atomic mass is 35.5. The van der Waals surface area contributed by atoms with Gasteiger partial charge in [0.15, 0.2) is 11.6 Å². The Hall–Kier alpha value is -3.21. The standard InChI is InChI=1S/C26H25Cl2F2N3O4S/c1-31-26(35)24(13-17-7-4-3-5-8-17)32(15-19-20(27)9-6-10-21(19)28)25(34)16-33(38(2,36)37)18-11-12-22(29)23(30)14-18/h3-12,14,24H,13,15-16H2,1-2H3,(H,31,35)/t24-/m1/s1. The molecule has 7 nitrogen and oxygen atoms in total. The largest absolute Gasteiger partial charge is 0.357 e. The van der Waals surface area contributed by atoms with Gasteiger partial charge in [-0.05, 0) is 29.8 Å². The van der Waals surface area contributed by atoms with E-state index in [1.807, 2.05) is 0 Å². The number of anilines is 1. The van der Waals surface area contributed by atoms with E-state index in [1.165, 1.54) is 11.9 Å². The average Bonchev–Trinajstić information content (AvgIpc) is 2.87. The van der Waals surface area contributed by atoms with E-state index in [0.717, 1.165) is 24.0 Å². The zero-order valence-electron chi connectivity index (χ0n) is 20.5. The van der Waals surface area contributed by atoms with Gasteiger partial charge in [0.1, 0.15) is 12.6 Å². The van der Waals surface area contributed by atoms with Crippen LogP contribution in [0.4, 0.5) is 14.5 Å². The molecule has 0 spiro atoms. The third-order valence-corrected chi connectivity index (χ3v) is 7.63. The van der Waals surface area contributed by atoms with E-state index < -0.39 is 46.1 Å². The molecule has 1 atom stereocenters. The lowest BCUT2D eigenvalue weighted by Gasteiger charge is -2.33. The van der Waals surface area contributed by atoms with Crippen molar-refractivity contribution in [2.75, 3.05) is 24.2 Å². The first kappa shape index (κ1) is 29.3. The maximum atomic E-state index is 13.9. The molecule has 0 aliphatic heterocycles. The van der Waals surface area contributed by atoms with Gasteiger partial charge in [0.2, 0.25) is 21.8 Å². The lowest BCUT2D eigenvalue weighted by atomic mass is 10.0. The van der Waals surface area contributed by atoms with Gasteiger partial charge in [0.25, 0.3) is 0 Å². The van der Waals surface area contributed by atoms with Crippen molar-refractivity contribution in [3.05, 3.63) is 99.5 Å². The molecule has 0 fully saturated rings. The zero-order valence-corrected chi connectivity index (χ0v) is 22.8. The Morgan fingerprint density at radius 3 is 2.13 bits per heavy atom. The number of hydrogen-bond donors (Lipinski definition) is 1. The highest BCUT2D eigenvalue weighted by molar-refractivity contribution is 7.92. The van der Waals surface area contributed by atoms with Crippen LogP contribution in [0, 0.1) is 11.6 Å². The molecule has 38 heavy (non-hydrogen) atoms.